The molecule has 0 N–H and O–H groups in total. The molecule has 0 rings (SSSR count). The van der Waals surface area contributed by atoms with E-state index >= 15 is 0 Å². The Balaban J connectivity index is 4.63. The average Bonchev–Trinajstić information content (AvgIpc) is 2.11. The van der Waals surface area contributed by atoms with Gasteiger partial charge in [-0.2, -0.15) is 0 Å². The van der Waals surface area contributed by atoms with E-state index < -0.39 is 0 Å². The van der Waals surface area contributed by atoms with Crippen molar-refractivity contribution < 1.29 is 9.59 Å². The number of carbonyl (C=O) groups excluding carboxylic acids is 2. The van der Waals surface area contributed by atoms with E-state index in [-0.39, 0.29) is 5.91 Å². The molecule has 0 aromatic heterocycles. The molecule has 64 valence electrons. The lowest BCUT2D eigenvalue weighted by molar-refractivity contribution is -0.133. The minimum Gasteiger partial charge on any atom is -0.284 e. The molecular weight excluding hydrogens is 154 g/mol. The molecule has 0 saturated heterocycles. The second-order valence-corrected chi connectivity index (χ2v) is 2.08. The molecule has 0 aromatic carbocycles. The van der Waals surface area contributed by atoms with Crippen LogP contribution in [-0.2, 0) is 9.59 Å². The quantitative estimate of drug-likeness (QED) is 0.352. The van der Waals surface area contributed by atoms with Gasteiger partial charge in [-0.25, -0.2) is 0 Å². The first-order valence-electron chi connectivity index (χ1n) is 3.35. The summed E-state index contributed by atoms with van der Waals surface area (Å²) >= 11 is 0. The molecule has 3 nitrogen and oxygen atoms in total. The Kier molecular flexibility index (Phi) is 4.38. The summed E-state index contributed by atoms with van der Waals surface area (Å²) in [7, 11) is 1.38. The van der Waals surface area contributed by atoms with Gasteiger partial charge in [0.15, 0.2) is 0 Å². The Bertz CT molecular complexity index is 241. The first kappa shape index (κ1) is 10.4. The number of allylic oxidation sites excluding steroid dienone is 2. The third-order valence-electron chi connectivity index (χ3n) is 1.24. The normalized spacial score (nSPS) is 10.2. The highest BCUT2D eigenvalue weighted by atomic mass is 16.2. The third kappa shape index (κ3) is 2.54. The molecule has 0 unspecified atom stereocenters. The van der Waals surface area contributed by atoms with Crippen LogP contribution in [-0.4, -0.2) is 24.3 Å². The minimum atomic E-state index is -0.389. The summed E-state index contributed by atoms with van der Waals surface area (Å²) in [6.45, 7) is 6.87. The second-order valence-electron chi connectivity index (χ2n) is 2.08. The van der Waals surface area contributed by atoms with Crippen molar-refractivity contribution in [2.45, 2.75) is 0 Å². The number of likely N-dealkylation sites (N-methyl/N-ethyl adjacent to an activating group) is 1. The van der Waals surface area contributed by atoms with E-state index in [0.29, 0.717) is 12.0 Å². The monoisotopic (exact) mass is 165 g/mol. The van der Waals surface area contributed by atoms with E-state index in [4.69, 9.17) is 0 Å². The van der Waals surface area contributed by atoms with Crippen LogP contribution >= 0.6 is 0 Å². The standard InChI is InChI=1S/C9H11NO2/c1-4-6-8(5-2)9(12)10(3)7-11/h4-7H,1-2H2,3H3/b8-6+. The highest BCUT2D eigenvalue weighted by molar-refractivity contribution is 6.01. The zero-order chi connectivity index (χ0) is 9.56. The highest BCUT2D eigenvalue weighted by Gasteiger charge is 2.09. The smallest absolute Gasteiger partial charge is 0.259 e. The van der Waals surface area contributed by atoms with Crippen molar-refractivity contribution in [1.29, 1.82) is 0 Å². The SMILES string of the molecule is C=C/C=C(\C=C)C(=O)N(C)C=O. The van der Waals surface area contributed by atoms with E-state index in [0.717, 1.165) is 4.90 Å². The van der Waals surface area contributed by atoms with Crippen LogP contribution in [0.25, 0.3) is 0 Å². The lowest BCUT2D eigenvalue weighted by Gasteiger charge is -2.07. The van der Waals surface area contributed by atoms with Gasteiger partial charge >= 0.3 is 0 Å². The number of amides is 2. The Hall–Kier alpha value is -1.64. The number of hydrogen-bond acceptors (Lipinski definition) is 2. The highest BCUT2D eigenvalue weighted by Crippen LogP contribution is 1.99. The van der Waals surface area contributed by atoms with Crippen LogP contribution in [0.5, 0.6) is 0 Å². The fraction of sp³-hybridized carbons (Fsp3) is 0.111. The van der Waals surface area contributed by atoms with E-state index in [9.17, 15) is 9.59 Å². The summed E-state index contributed by atoms with van der Waals surface area (Å²) in [6.07, 6.45) is 4.79. The molecule has 0 aliphatic rings. The van der Waals surface area contributed by atoms with Crippen molar-refractivity contribution in [2.24, 2.45) is 0 Å². The number of rotatable bonds is 4. The predicted molar refractivity (Wildman–Crippen MR) is 47.3 cm³/mol. The van der Waals surface area contributed by atoms with Gasteiger partial charge in [-0.1, -0.05) is 31.4 Å². The fourth-order valence-corrected chi connectivity index (χ4v) is 0.605. The lowest BCUT2D eigenvalue weighted by atomic mass is 10.2. The summed E-state index contributed by atoms with van der Waals surface area (Å²) in [5.41, 5.74) is 0.347. The summed E-state index contributed by atoms with van der Waals surface area (Å²) in [6, 6.07) is 0. The average molecular weight is 165 g/mol. The van der Waals surface area contributed by atoms with Gasteiger partial charge in [-0.15, -0.1) is 0 Å². The van der Waals surface area contributed by atoms with E-state index in [2.05, 4.69) is 13.2 Å². The third-order valence-corrected chi connectivity index (χ3v) is 1.24. The summed E-state index contributed by atoms with van der Waals surface area (Å²) in [5.74, 6) is -0.389. The summed E-state index contributed by atoms with van der Waals surface area (Å²) in [4.78, 5) is 22.3. The molecule has 0 aromatic rings. The number of carbonyl (C=O) groups is 2. The molecule has 0 aliphatic carbocycles. The molecule has 0 radical (unpaired) electrons. The first-order valence-corrected chi connectivity index (χ1v) is 3.35. The van der Waals surface area contributed by atoms with Crippen LogP contribution in [0.2, 0.25) is 0 Å². The molecule has 2 amide bonds. The molecule has 0 saturated carbocycles. The van der Waals surface area contributed by atoms with Gasteiger partial charge in [-0.05, 0) is 0 Å². The maximum Gasteiger partial charge on any atom is 0.259 e. The Morgan fingerprint density at radius 2 is 2.00 bits per heavy atom. The number of nitrogens with zero attached hydrogens (tertiary/aromatic N) is 1. The topological polar surface area (TPSA) is 37.4 Å². The van der Waals surface area contributed by atoms with Crippen LogP contribution in [0.3, 0.4) is 0 Å². The van der Waals surface area contributed by atoms with Crippen molar-refractivity contribution in [1.82, 2.24) is 4.90 Å². The van der Waals surface area contributed by atoms with Crippen LogP contribution in [0.4, 0.5) is 0 Å². The van der Waals surface area contributed by atoms with E-state index in [1.807, 2.05) is 0 Å². The largest absolute Gasteiger partial charge is 0.284 e. The van der Waals surface area contributed by atoms with Crippen molar-refractivity contribution in [3.05, 3.63) is 37.0 Å². The van der Waals surface area contributed by atoms with Gasteiger partial charge < -0.3 is 0 Å². The van der Waals surface area contributed by atoms with Crippen molar-refractivity contribution in [3.8, 4) is 0 Å². The van der Waals surface area contributed by atoms with E-state index in [1.165, 1.54) is 25.3 Å². The number of hydrogen-bond donors (Lipinski definition) is 0. The fourth-order valence-electron chi connectivity index (χ4n) is 0.605. The van der Waals surface area contributed by atoms with Gasteiger partial charge in [0.1, 0.15) is 0 Å². The first-order chi connectivity index (χ1) is 5.67. The van der Waals surface area contributed by atoms with Gasteiger partial charge in [0.25, 0.3) is 5.91 Å². The zero-order valence-electron chi connectivity index (χ0n) is 6.99. The zero-order valence-corrected chi connectivity index (χ0v) is 6.99. The summed E-state index contributed by atoms with van der Waals surface area (Å²) in [5, 5.41) is 0. The van der Waals surface area contributed by atoms with Gasteiger partial charge in [0, 0.05) is 12.6 Å². The molecule has 0 atom stereocenters. The predicted octanol–water partition coefficient (Wildman–Crippen LogP) is 0.900. The molecule has 0 fully saturated rings. The molecular formula is C9H11NO2. The second kappa shape index (κ2) is 5.07. The molecule has 0 heterocycles. The summed E-state index contributed by atoms with van der Waals surface area (Å²) < 4.78 is 0. The van der Waals surface area contributed by atoms with Crippen LogP contribution in [0.1, 0.15) is 0 Å². The molecule has 0 aliphatic heterocycles. The lowest BCUT2D eigenvalue weighted by Crippen LogP contribution is -2.25. The van der Waals surface area contributed by atoms with E-state index in [1.54, 1.807) is 0 Å². The van der Waals surface area contributed by atoms with Crippen molar-refractivity contribution >= 4 is 12.3 Å². The molecule has 0 spiro atoms. The maximum absolute atomic E-state index is 11.2. The van der Waals surface area contributed by atoms with Crippen LogP contribution in [0.15, 0.2) is 37.0 Å². The van der Waals surface area contributed by atoms with Crippen LogP contribution in [0, 0.1) is 0 Å². The van der Waals surface area contributed by atoms with Crippen molar-refractivity contribution in [3.63, 3.8) is 0 Å². The number of imide groups is 1. The van der Waals surface area contributed by atoms with Gasteiger partial charge in [0.2, 0.25) is 6.41 Å². The Morgan fingerprint density at radius 3 is 2.33 bits per heavy atom. The van der Waals surface area contributed by atoms with Gasteiger partial charge in [-0.3, -0.25) is 14.5 Å². The Morgan fingerprint density at radius 1 is 1.42 bits per heavy atom. The van der Waals surface area contributed by atoms with Gasteiger partial charge in [0.05, 0.1) is 0 Å². The molecule has 12 heavy (non-hydrogen) atoms. The maximum atomic E-state index is 11.2. The molecule has 3 heteroatoms. The van der Waals surface area contributed by atoms with Crippen molar-refractivity contribution in [2.75, 3.05) is 7.05 Å². The molecule has 0 bridgehead atoms. The Labute approximate surface area is 71.7 Å². The minimum absolute atomic E-state index is 0.347. The van der Waals surface area contributed by atoms with Crippen LogP contribution < -0.4 is 0 Å².